The lowest BCUT2D eigenvalue weighted by molar-refractivity contribution is -0.114. The molecule has 0 aliphatic carbocycles. The molecule has 0 aromatic heterocycles. The fourth-order valence-corrected chi connectivity index (χ4v) is 1.10. The fraction of sp³-hybridized carbons (Fsp3) is 0.111. The zero-order valence-electron chi connectivity index (χ0n) is 6.67. The summed E-state index contributed by atoms with van der Waals surface area (Å²) in [5.74, 6) is -0.639. The minimum atomic E-state index is -0.386. The van der Waals surface area contributed by atoms with Crippen LogP contribution in [0.1, 0.15) is 5.56 Å². The summed E-state index contributed by atoms with van der Waals surface area (Å²) in [6, 6.07) is 4.08. The summed E-state index contributed by atoms with van der Waals surface area (Å²) >= 11 is 0. The molecular formula is C9H6FN2O. The molecule has 0 spiro atoms. The maximum atomic E-state index is 12.7. The van der Waals surface area contributed by atoms with E-state index in [9.17, 15) is 9.18 Å². The Morgan fingerprint density at radius 3 is 3.23 bits per heavy atom. The van der Waals surface area contributed by atoms with Crippen LogP contribution >= 0.6 is 0 Å². The normalized spacial score (nSPS) is 14.7. The summed E-state index contributed by atoms with van der Waals surface area (Å²) in [5, 5.41) is 2.53. The standard InChI is InChI=1S/C9H6FN2O/c10-7-2-1-6-4-11-5-9(13)12-8(6)3-7/h1-3H,5H2,(H,12,13). The minimum Gasteiger partial charge on any atom is -0.324 e. The van der Waals surface area contributed by atoms with E-state index in [1.165, 1.54) is 18.2 Å². The Morgan fingerprint density at radius 1 is 1.54 bits per heavy atom. The monoisotopic (exact) mass is 177 g/mol. The van der Waals surface area contributed by atoms with Crippen molar-refractivity contribution in [1.29, 1.82) is 0 Å². The maximum absolute atomic E-state index is 12.7. The molecule has 0 fully saturated rings. The third-order valence-electron chi connectivity index (χ3n) is 1.68. The third-order valence-corrected chi connectivity index (χ3v) is 1.68. The van der Waals surface area contributed by atoms with E-state index in [1.807, 2.05) is 0 Å². The van der Waals surface area contributed by atoms with Crippen LogP contribution in [-0.2, 0) is 4.79 Å². The molecule has 1 amide bonds. The van der Waals surface area contributed by atoms with Crippen LogP contribution in [0.2, 0.25) is 0 Å². The highest BCUT2D eigenvalue weighted by Crippen LogP contribution is 2.16. The third kappa shape index (κ3) is 1.56. The molecule has 1 radical (unpaired) electrons. The second-order valence-corrected chi connectivity index (χ2v) is 2.67. The average molecular weight is 177 g/mol. The Labute approximate surface area is 74.3 Å². The molecule has 2 rings (SSSR count). The van der Waals surface area contributed by atoms with Crippen LogP contribution in [-0.4, -0.2) is 18.7 Å². The fourth-order valence-electron chi connectivity index (χ4n) is 1.10. The molecule has 65 valence electrons. The zero-order valence-corrected chi connectivity index (χ0v) is 6.67. The lowest BCUT2D eigenvalue weighted by Crippen LogP contribution is -2.13. The molecule has 1 heterocycles. The summed E-state index contributed by atoms with van der Waals surface area (Å²) < 4.78 is 12.7. The molecule has 13 heavy (non-hydrogen) atoms. The van der Waals surface area contributed by atoms with Crippen molar-refractivity contribution >= 4 is 17.8 Å². The van der Waals surface area contributed by atoms with E-state index in [0.717, 1.165) is 0 Å². The van der Waals surface area contributed by atoms with Gasteiger partial charge in [0, 0.05) is 5.56 Å². The molecule has 1 aromatic carbocycles. The van der Waals surface area contributed by atoms with Gasteiger partial charge in [0.05, 0.1) is 11.9 Å². The summed E-state index contributed by atoms with van der Waals surface area (Å²) in [7, 11) is 0. The van der Waals surface area contributed by atoms with Crippen LogP contribution in [0.25, 0.3) is 0 Å². The van der Waals surface area contributed by atoms with Crippen molar-refractivity contribution in [3.63, 3.8) is 0 Å². The van der Waals surface area contributed by atoms with Gasteiger partial charge in [-0.3, -0.25) is 9.79 Å². The Morgan fingerprint density at radius 2 is 2.38 bits per heavy atom. The molecule has 0 unspecified atom stereocenters. The average Bonchev–Trinajstić information content (AvgIpc) is 2.25. The topological polar surface area (TPSA) is 41.5 Å². The molecule has 0 saturated heterocycles. The van der Waals surface area contributed by atoms with E-state index in [0.29, 0.717) is 11.3 Å². The lowest BCUT2D eigenvalue weighted by Gasteiger charge is -2.03. The number of anilines is 1. The molecule has 1 aliphatic rings. The van der Waals surface area contributed by atoms with Crippen molar-refractivity contribution in [2.24, 2.45) is 4.99 Å². The quantitative estimate of drug-likeness (QED) is 0.632. The SMILES string of the molecule is O=C1CN=[C]c2ccc(F)cc2N1. The first-order chi connectivity index (χ1) is 6.25. The molecule has 0 atom stereocenters. The van der Waals surface area contributed by atoms with Gasteiger partial charge in [0.2, 0.25) is 5.91 Å². The number of amides is 1. The Bertz CT molecular complexity index is 387. The van der Waals surface area contributed by atoms with Crippen LogP contribution in [0.3, 0.4) is 0 Å². The molecule has 1 N–H and O–H groups in total. The molecule has 4 heteroatoms. The number of halogens is 1. The van der Waals surface area contributed by atoms with E-state index in [2.05, 4.69) is 16.5 Å². The largest absolute Gasteiger partial charge is 0.324 e. The van der Waals surface area contributed by atoms with Crippen LogP contribution in [0, 0.1) is 5.82 Å². The summed E-state index contributed by atoms with van der Waals surface area (Å²) in [4.78, 5) is 14.7. The van der Waals surface area contributed by atoms with Gasteiger partial charge in [0.1, 0.15) is 12.4 Å². The number of nitrogens with one attached hydrogen (secondary N) is 1. The maximum Gasteiger partial charge on any atom is 0.246 e. The van der Waals surface area contributed by atoms with Gasteiger partial charge in [-0.2, -0.15) is 0 Å². The van der Waals surface area contributed by atoms with E-state index in [4.69, 9.17) is 0 Å². The van der Waals surface area contributed by atoms with Gasteiger partial charge in [-0.05, 0) is 18.2 Å². The second kappa shape index (κ2) is 2.97. The van der Waals surface area contributed by atoms with Crippen LogP contribution in [0.4, 0.5) is 10.1 Å². The molecule has 1 aromatic rings. The number of fused-ring (bicyclic) bond motifs is 1. The minimum absolute atomic E-state index is 0.0380. The predicted molar refractivity (Wildman–Crippen MR) is 46.4 cm³/mol. The molecule has 1 aliphatic heterocycles. The number of nitrogens with zero attached hydrogens (tertiary/aromatic N) is 1. The van der Waals surface area contributed by atoms with Gasteiger partial charge >= 0.3 is 0 Å². The molecular weight excluding hydrogens is 171 g/mol. The number of hydrogen-bond donors (Lipinski definition) is 1. The van der Waals surface area contributed by atoms with Crippen molar-refractivity contribution in [3.8, 4) is 0 Å². The van der Waals surface area contributed by atoms with Gasteiger partial charge < -0.3 is 5.32 Å². The summed E-state index contributed by atoms with van der Waals surface area (Å²) in [6.07, 6.45) is 2.66. The highest BCUT2D eigenvalue weighted by molar-refractivity contribution is 6.01. The number of hydrogen-bond acceptors (Lipinski definition) is 2. The van der Waals surface area contributed by atoms with Crippen LogP contribution < -0.4 is 5.32 Å². The van der Waals surface area contributed by atoms with Gasteiger partial charge in [-0.25, -0.2) is 4.39 Å². The molecule has 3 nitrogen and oxygen atoms in total. The number of benzodiazepines with no additional fused rings is 1. The van der Waals surface area contributed by atoms with Crippen molar-refractivity contribution in [2.45, 2.75) is 0 Å². The Balaban J connectivity index is 2.49. The number of carbonyl (C=O) groups excluding carboxylic acids is 1. The number of carbonyl (C=O) groups is 1. The first-order valence-corrected chi connectivity index (χ1v) is 3.77. The van der Waals surface area contributed by atoms with Crippen molar-refractivity contribution in [2.75, 3.05) is 11.9 Å². The smallest absolute Gasteiger partial charge is 0.246 e. The van der Waals surface area contributed by atoms with Crippen molar-refractivity contribution in [1.82, 2.24) is 0 Å². The Kier molecular flexibility index (Phi) is 1.81. The summed E-state index contributed by atoms with van der Waals surface area (Å²) in [5.41, 5.74) is 1.03. The highest BCUT2D eigenvalue weighted by atomic mass is 19.1. The van der Waals surface area contributed by atoms with Gasteiger partial charge in [-0.15, -0.1) is 0 Å². The zero-order chi connectivity index (χ0) is 9.26. The van der Waals surface area contributed by atoms with Crippen LogP contribution in [0.15, 0.2) is 23.2 Å². The number of benzene rings is 1. The van der Waals surface area contributed by atoms with Crippen molar-refractivity contribution in [3.05, 3.63) is 29.6 Å². The van der Waals surface area contributed by atoms with E-state index in [-0.39, 0.29) is 18.3 Å². The van der Waals surface area contributed by atoms with Gasteiger partial charge in [-0.1, -0.05) is 0 Å². The van der Waals surface area contributed by atoms with E-state index in [1.54, 1.807) is 0 Å². The first-order valence-electron chi connectivity index (χ1n) is 3.77. The van der Waals surface area contributed by atoms with Gasteiger partial charge in [0.25, 0.3) is 0 Å². The van der Waals surface area contributed by atoms with E-state index < -0.39 is 0 Å². The highest BCUT2D eigenvalue weighted by Gasteiger charge is 2.09. The van der Waals surface area contributed by atoms with Gasteiger partial charge in [0.15, 0.2) is 0 Å². The Hall–Kier alpha value is -1.71. The predicted octanol–water partition coefficient (Wildman–Crippen LogP) is 1.07. The molecule has 0 saturated carbocycles. The van der Waals surface area contributed by atoms with Crippen LogP contribution in [0.5, 0.6) is 0 Å². The van der Waals surface area contributed by atoms with E-state index >= 15 is 0 Å². The lowest BCUT2D eigenvalue weighted by atomic mass is 10.2. The second-order valence-electron chi connectivity index (χ2n) is 2.67. The first kappa shape index (κ1) is 7.91. The summed E-state index contributed by atoms with van der Waals surface area (Å²) in [6.45, 7) is 0.0380. The number of aliphatic imine (C=N–C) groups is 1. The van der Waals surface area contributed by atoms with Crippen molar-refractivity contribution < 1.29 is 9.18 Å². The number of rotatable bonds is 0. The molecule has 0 bridgehead atoms.